The van der Waals surface area contributed by atoms with Crippen LogP contribution in [0.1, 0.15) is 39.7 Å². The zero-order chi connectivity index (χ0) is 18.5. The summed E-state index contributed by atoms with van der Waals surface area (Å²) in [5.74, 6) is 0.886. The number of anilines is 1. The third-order valence-corrected chi connectivity index (χ3v) is 5.86. The topological polar surface area (TPSA) is 68.1 Å². The van der Waals surface area contributed by atoms with Gasteiger partial charge in [-0.3, -0.25) is 5.41 Å². The molecule has 1 fully saturated rings. The zero-order valence-corrected chi connectivity index (χ0v) is 16.0. The minimum atomic E-state index is 0.130. The quantitative estimate of drug-likeness (QED) is 0.843. The number of H-pyrrole nitrogens is 1. The van der Waals surface area contributed by atoms with E-state index in [-0.39, 0.29) is 5.92 Å². The molecule has 136 valence electrons. The van der Waals surface area contributed by atoms with Crippen LogP contribution in [0.4, 0.5) is 5.69 Å². The van der Waals surface area contributed by atoms with Gasteiger partial charge >= 0.3 is 0 Å². The van der Waals surface area contributed by atoms with Crippen LogP contribution in [0.25, 0.3) is 11.0 Å². The molecular weight excluding hydrogens is 322 g/mol. The second kappa shape index (κ2) is 6.08. The van der Waals surface area contributed by atoms with Gasteiger partial charge in [0.25, 0.3) is 0 Å². The first-order chi connectivity index (χ1) is 12.4. The van der Waals surface area contributed by atoms with E-state index in [1.807, 2.05) is 12.4 Å². The third-order valence-electron chi connectivity index (χ3n) is 5.86. The maximum absolute atomic E-state index is 8.31. The van der Waals surface area contributed by atoms with E-state index in [1.54, 1.807) is 0 Å². The molecule has 2 aliphatic heterocycles. The van der Waals surface area contributed by atoms with Crippen molar-refractivity contribution >= 4 is 28.3 Å². The minimum absolute atomic E-state index is 0.130. The molecule has 26 heavy (non-hydrogen) atoms. The standard InChI is InChI=1S/C21H27N5/c1-13-5-6-16(25-19(22)14(13)2)15-11-24-20-18(15)17(7-9-23-20)26-10-8-21(3,4)12-26/h5-7,9,11,13-14,22H,8,10,12H2,1-4H3,(H,23,24). The van der Waals surface area contributed by atoms with E-state index in [9.17, 15) is 0 Å². The lowest BCUT2D eigenvalue weighted by Gasteiger charge is -2.22. The molecule has 2 aromatic heterocycles. The highest BCUT2D eigenvalue weighted by atomic mass is 15.2. The van der Waals surface area contributed by atoms with Crippen molar-refractivity contribution in [1.29, 1.82) is 5.41 Å². The van der Waals surface area contributed by atoms with Gasteiger partial charge in [0.15, 0.2) is 0 Å². The minimum Gasteiger partial charge on any atom is -0.370 e. The number of amidine groups is 1. The number of pyridine rings is 1. The van der Waals surface area contributed by atoms with E-state index in [0.717, 1.165) is 35.4 Å². The van der Waals surface area contributed by atoms with Crippen LogP contribution in [-0.4, -0.2) is 34.6 Å². The molecule has 5 nitrogen and oxygen atoms in total. The van der Waals surface area contributed by atoms with Crippen molar-refractivity contribution < 1.29 is 0 Å². The lowest BCUT2D eigenvalue weighted by atomic mass is 9.93. The maximum atomic E-state index is 8.31. The number of aromatic amines is 1. The number of nitrogens with one attached hydrogen (secondary N) is 2. The van der Waals surface area contributed by atoms with Crippen molar-refractivity contribution in [2.24, 2.45) is 22.2 Å². The molecule has 2 aliphatic rings. The molecule has 0 aromatic carbocycles. The Bertz CT molecular complexity index is 918. The molecule has 2 N–H and O–H groups in total. The Hall–Kier alpha value is -2.43. The van der Waals surface area contributed by atoms with Crippen LogP contribution in [0.15, 0.2) is 35.6 Å². The fourth-order valence-electron chi connectivity index (χ4n) is 3.90. The second-order valence-corrected chi connectivity index (χ2v) is 8.48. The Morgan fingerprint density at radius 2 is 2.12 bits per heavy atom. The number of hydrogen-bond donors (Lipinski definition) is 2. The first-order valence-electron chi connectivity index (χ1n) is 9.42. The van der Waals surface area contributed by atoms with E-state index >= 15 is 0 Å². The van der Waals surface area contributed by atoms with Crippen LogP contribution in [0.3, 0.4) is 0 Å². The van der Waals surface area contributed by atoms with Gasteiger partial charge in [-0.1, -0.05) is 33.8 Å². The zero-order valence-electron chi connectivity index (χ0n) is 16.0. The maximum Gasteiger partial charge on any atom is 0.140 e. The van der Waals surface area contributed by atoms with Crippen molar-refractivity contribution in [2.75, 3.05) is 18.0 Å². The molecule has 4 rings (SSSR count). The van der Waals surface area contributed by atoms with Crippen LogP contribution >= 0.6 is 0 Å². The molecule has 0 radical (unpaired) electrons. The van der Waals surface area contributed by atoms with Gasteiger partial charge in [-0.15, -0.1) is 0 Å². The van der Waals surface area contributed by atoms with Gasteiger partial charge in [-0.2, -0.15) is 0 Å². The summed E-state index contributed by atoms with van der Waals surface area (Å²) in [7, 11) is 0. The highest BCUT2D eigenvalue weighted by molar-refractivity contribution is 6.21. The summed E-state index contributed by atoms with van der Waals surface area (Å²) >= 11 is 0. The van der Waals surface area contributed by atoms with E-state index in [1.165, 1.54) is 12.1 Å². The summed E-state index contributed by atoms with van der Waals surface area (Å²) in [5.41, 5.74) is 4.32. The molecule has 0 saturated carbocycles. The molecule has 5 heteroatoms. The highest BCUT2D eigenvalue weighted by Gasteiger charge is 2.31. The SMILES string of the molecule is CC1C=CC(c2c[nH]c3nccc(N4CCC(C)(C)C4)c23)=NC(=N)C1C. The fourth-order valence-corrected chi connectivity index (χ4v) is 3.90. The second-order valence-electron chi connectivity index (χ2n) is 8.48. The number of hydrogen-bond acceptors (Lipinski definition) is 3. The predicted octanol–water partition coefficient (Wildman–Crippen LogP) is 4.41. The van der Waals surface area contributed by atoms with Crippen molar-refractivity contribution in [3.05, 3.63) is 36.2 Å². The predicted molar refractivity (Wildman–Crippen MR) is 108 cm³/mol. The number of aromatic nitrogens is 2. The lowest BCUT2D eigenvalue weighted by molar-refractivity contribution is 0.418. The number of allylic oxidation sites excluding steroid dienone is 2. The number of rotatable bonds is 2. The van der Waals surface area contributed by atoms with E-state index in [4.69, 9.17) is 5.41 Å². The van der Waals surface area contributed by atoms with Gasteiger partial charge in [-0.05, 0) is 29.9 Å². The van der Waals surface area contributed by atoms with Crippen LogP contribution in [-0.2, 0) is 0 Å². The summed E-state index contributed by atoms with van der Waals surface area (Å²) < 4.78 is 0. The lowest BCUT2D eigenvalue weighted by Crippen LogP contribution is -2.23. The van der Waals surface area contributed by atoms with Crippen LogP contribution in [0, 0.1) is 22.7 Å². The molecular formula is C21H27N5. The average molecular weight is 349 g/mol. The van der Waals surface area contributed by atoms with E-state index in [2.05, 4.69) is 65.8 Å². The first-order valence-corrected chi connectivity index (χ1v) is 9.42. The van der Waals surface area contributed by atoms with Gasteiger partial charge in [0.1, 0.15) is 11.5 Å². The summed E-state index contributed by atoms with van der Waals surface area (Å²) in [5, 5.41) is 9.43. The van der Waals surface area contributed by atoms with E-state index in [0.29, 0.717) is 17.2 Å². The Morgan fingerprint density at radius 1 is 1.31 bits per heavy atom. The first kappa shape index (κ1) is 17.0. The third kappa shape index (κ3) is 2.85. The van der Waals surface area contributed by atoms with Gasteiger partial charge in [0, 0.05) is 42.7 Å². The van der Waals surface area contributed by atoms with Gasteiger partial charge in [0.2, 0.25) is 0 Å². The van der Waals surface area contributed by atoms with Crippen molar-refractivity contribution in [3.8, 4) is 0 Å². The van der Waals surface area contributed by atoms with Gasteiger partial charge < -0.3 is 9.88 Å². The molecule has 2 unspecified atom stereocenters. The molecule has 4 heterocycles. The van der Waals surface area contributed by atoms with Crippen molar-refractivity contribution in [2.45, 2.75) is 34.1 Å². The number of aliphatic imine (C=N–C) groups is 1. The molecule has 2 atom stereocenters. The van der Waals surface area contributed by atoms with E-state index < -0.39 is 0 Å². The summed E-state index contributed by atoms with van der Waals surface area (Å²) in [4.78, 5) is 14.9. The fraction of sp³-hybridized carbons (Fsp3) is 0.476. The highest BCUT2D eigenvalue weighted by Crippen LogP contribution is 2.37. The number of nitrogens with zero attached hydrogens (tertiary/aromatic N) is 3. The molecule has 0 spiro atoms. The summed E-state index contributed by atoms with van der Waals surface area (Å²) in [6.45, 7) is 11.0. The molecule has 1 saturated heterocycles. The largest absolute Gasteiger partial charge is 0.370 e. The Balaban J connectivity index is 1.83. The van der Waals surface area contributed by atoms with Gasteiger partial charge in [0.05, 0.1) is 11.1 Å². The molecule has 2 aromatic rings. The van der Waals surface area contributed by atoms with Crippen molar-refractivity contribution in [1.82, 2.24) is 9.97 Å². The Morgan fingerprint density at radius 3 is 2.85 bits per heavy atom. The number of fused-ring (bicyclic) bond motifs is 1. The molecule has 0 amide bonds. The summed E-state index contributed by atoms with van der Waals surface area (Å²) in [6.07, 6.45) is 9.28. The van der Waals surface area contributed by atoms with Gasteiger partial charge in [-0.25, -0.2) is 9.98 Å². The molecule has 0 bridgehead atoms. The summed E-state index contributed by atoms with van der Waals surface area (Å²) in [6, 6.07) is 2.11. The Labute approximate surface area is 154 Å². The molecule has 0 aliphatic carbocycles. The monoisotopic (exact) mass is 349 g/mol. The Kier molecular flexibility index (Phi) is 3.98. The van der Waals surface area contributed by atoms with Crippen LogP contribution < -0.4 is 4.90 Å². The van der Waals surface area contributed by atoms with Crippen molar-refractivity contribution in [3.63, 3.8) is 0 Å². The normalized spacial score (nSPS) is 25.6. The van der Waals surface area contributed by atoms with Crippen LogP contribution in [0.5, 0.6) is 0 Å². The smallest absolute Gasteiger partial charge is 0.140 e. The average Bonchev–Trinajstić information content (AvgIpc) is 3.17. The van der Waals surface area contributed by atoms with Crippen LogP contribution in [0.2, 0.25) is 0 Å².